The third-order valence-corrected chi connectivity index (χ3v) is 9.93. The molecular formula is C36H28F6INO4. The Bertz CT molecular complexity index is 1910. The predicted octanol–water partition coefficient (Wildman–Crippen LogP) is 9.90. The number of methoxy groups -OCH3 is 1. The molecule has 0 aromatic heterocycles. The number of aromatic carboxylic acids is 1. The Morgan fingerprint density at radius 1 is 0.854 bits per heavy atom. The Morgan fingerprint density at radius 3 is 2.12 bits per heavy atom. The summed E-state index contributed by atoms with van der Waals surface area (Å²) in [6.45, 7) is 1.82. The van der Waals surface area contributed by atoms with Crippen LogP contribution < -0.4 is 4.74 Å². The number of benzene rings is 4. The van der Waals surface area contributed by atoms with E-state index in [-0.39, 0.29) is 29.5 Å². The Kier molecular flexibility index (Phi) is 8.76. The third kappa shape index (κ3) is 6.26. The second-order valence-electron chi connectivity index (χ2n) is 12.1. The lowest BCUT2D eigenvalue weighted by molar-refractivity contribution is -0.143. The lowest BCUT2D eigenvalue weighted by Crippen LogP contribution is -2.31. The van der Waals surface area contributed by atoms with Gasteiger partial charge >= 0.3 is 18.3 Å². The molecule has 0 saturated carbocycles. The maximum Gasteiger partial charge on any atom is 0.416 e. The Labute approximate surface area is 285 Å². The fraction of sp³-hybridized carbons (Fsp3) is 0.278. The van der Waals surface area contributed by atoms with Crippen molar-refractivity contribution in [3.8, 4) is 28.0 Å². The summed E-state index contributed by atoms with van der Waals surface area (Å²) in [5.74, 6) is -1.67. The number of rotatable bonds is 6. The zero-order valence-electron chi connectivity index (χ0n) is 25.5. The lowest BCUT2D eigenvalue weighted by Gasteiger charge is -2.29. The van der Waals surface area contributed by atoms with Crippen molar-refractivity contribution >= 4 is 34.5 Å². The van der Waals surface area contributed by atoms with Gasteiger partial charge in [0.15, 0.2) is 0 Å². The van der Waals surface area contributed by atoms with Gasteiger partial charge in [0.2, 0.25) is 5.91 Å². The molecule has 1 N–H and O–H groups in total. The summed E-state index contributed by atoms with van der Waals surface area (Å²) < 4.78 is 88.7. The van der Waals surface area contributed by atoms with Gasteiger partial charge in [-0.15, -0.1) is 0 Å². The van der Waals surface area contributed by atoms with Gasteiger partial charge in [0.05, 0.1) is 29.8 Å². The van der Waals surface area contributed by atoms with E-state index in [1.165, 1.54) is 13.2 Å². The van der Waals surface area contributed by atoms with E-state index in [4.69, 9.17) is 4.74 Å². The molecule has 0 aliphatic carbocycles. The van der Waals surface area contributed by atoms with Crippen LogP contribution in [0.15, 0.2) is 72.8 Å². The van der Waals surface area contributed by atoms with E-state index in [1.54, 1.807) is 23.1 Å². The van der Waals surface area contributed by atoms with E-state index in [9.17, 15) is 41.0 Å². The molecule has 0 unspecified atom stereocenters. The summed E-state index contributed by atoms with van der Waals surface area (Å²) in [6, 6.07) is 16.7. The van der Waals surface area contributed by atoms with Crippen LogP contribution in [0.1, 0.15) is 69.4 Å². The quantitative estimate of drug-likeness (QED) is 0.156. The zero-order chi connectivity index (χ0) is 34.7. The summed E-state index contributed by atoms with van der Waals surface area (Å²) in [4.78, 5) is 26.7. The number of alkyl halides is 6. The molecule has 2 aliphatic heterocycles. The van der Waals surface area contributed by atoms with Crippen molar-refractivity contribution in [2.75, 3.05) is 7.11 Å². The van der Waals surface area contributed by atoms with Crippen LogP contribution >= 0.6 is 22.6 Å². The minimum atomic E-state index is -4.99. The Hall–Kier alpha value is -4.07. The second kappa shape index (κ2) is 12.4. The van der Waals surface area contributed by atoms with Crippen molar-refractivity contribution in [3.63, 3.8) is 0 Å². The van der Waals surface area contributed by atoms with Crippen LogP contribution in [0.3, 0.4) is 0 Å². The minimum Gasteiger partial charge on any atom is -0.496 e. The van der Waals surface area contributed by atoms with Gasteiger partial charge in [-0.1, -0.05) is 18.2 Å². The maximum atomic E-state index is 13.7. The topological polar surface area (TPSA) is 66.8 Å². The molecule has 0 radical (unpaired) electrons. The molecule has 2 aliphatic rings. The normalized spacial score (nSPS) is 19.5. The molecule has 3 atom stereocenters. The number of carbonyl (C=O) groups excluding carboxylic acids is 1. The number of fused-ring (bicyclic) bond motifs is 1. The highest BCUT2D eigenvalue weighted by Gasteiger charge is 2.49. The first-order valence-electron chi connectivity index (χ1n) is 15.0. The van der Waals surface area contributed by atoms with Crippen molar-refractivity contribution in [3.05, 3.63) is 110 Å². The van der Waals surface area contributed by atoms with Crippen molar-refractivity contribution in [1.82, 2.24) is 4.90 Å². The van der Waals surface area contributed by atoms with Crippen LogP contribution in [-0.2, 0) is 17.1 Å². The van der Waals surface area contributed by atoms with E-state index < -0.39 is 47.5 Å². The summed E-state index contributed by atoms with van der Waals surface area (Å²) in [5.41, 5.74) is 1.84. The highest BCUT2D eigenvalue weighted by Crippen LogP contribution is 2.52. The van der Waals surface area contributed by atoms with E-state index in [1.807, 2.05) is 37.3 Å². The van der Waals surface area contributed by atoms with Gasteiger partial charge in [-0.2, -0.15) is 26.3 Å². The van der Waals surface area contributed by atoms with Gasteiger partial charge in [0, 0.05) is 27.5 Å². The van der Waals surface area contributed by atoms with Crippen LogP contribution in [0.25, 0.3) is 22.3 Å². The molecule has 4 aromatic rings. The third-order valence-electron chi connectivity index (χ3n) is 9.26. The van der Waals surface area contributed by atoms with Gasteiger partial charge < -0.3 is 14.7 Å². The number of aryl methyl sites for hydroxylation is 1. The van der Waals surface area contributed by atoms with Crippen molar-refractivity contribution in [2.24, 2.45) is 0 Å². The molecule has 250 valence electrons. The van der Waals surface area contributed by atoms with Crippen molar-refractivity contribution < 1.29 is 45.8 Å². The number of amides is 1. The van der Waals surface area contributed by atoms with Crippen LogP contribution in [0.5, 0.6) is 5.75 Å². The monoisotopic (exact) mass is 779 g/mol. The van der Waals surface area contributed by atoms with Gasteiger partial charge in [-0.25, -0.2) is 4.79 Å². The van der Waals surface area contributed by atoms with Crippen LogP contribution in [-0.4, -0.2) is 35.0 Å². The minimum absolute atomic E-state index is 0.108. The SMILES string of the molecule is COc1ccc(-c2ccc(C(=O)O)cc2C)cc1-c1ccc(I)cc1[C@@H]1CC[C@H]2[C@@H](c3cc(C(F)(F)F)cc(C(F)(F)F)c3)CC(=O)N12. The van der Waals surface area contributed by atoms with Crippen LogP contribution in [0.2, 0.25) is 0 Å². The second-order valence-corrected chi connectivity index (χ2v) is 13.3. The highest BCUT2D eigenvalue weighted by atomic mass is 127. The van der Waals surface area contributed by atoms with Crippen molar-refractivity contribution in [2.45, 2.75) is 56.5 Å². The molecule has 0 bridgehead atoms. The molecule has 6 rings (SSSR count). The summed E-state index contributed by atoms with van der Waals surface area (Å²) in [6.07, 6.45) is -9.32. The number of hydrogen-bond donors (Lipinski definition) is 1. The smallest absolute Gasteiger partial charge is 0.416 e. The average molecular weight is 780 g/mol. The fourth-order valence-corrected chi connectivity index (χ4v) is 7.64. The first-order valence-corrected chi connectivity index (χ1v) is 16.1. The molecular weight excluding hydrogens is 751 g/mol. The number of carbonyl (C=O) groups is 2. The lowest BCUT2D eigenvalue weighted by atomic mass is 9.87. The Balaban J connectivity index is 1.41. The van der Waals surface area contributed by atoms with E-state index in [0.717, 1.165) is 43.5 Å². The van der Waals surface area contributed by atoms with E-state index >= 15 is 0 Å². The molecule has 2 heterocycles. The molecule has 2 fully saturated rings. The average Bonchev–Trinajstić information content (AvgIpc) is 3.60. The van der Waals surface area contributed by atoms with Crippen molar-refractivity contribution in [1.29, 1.82) is 0 Å². The molecule has 4 aromatic carbocycles. The van der Waals surface area contributed by atoms with Gasteiger partial charge in [0.25, 0.3) is 0 Å². The first-order chi connectivity index (χ1) is 22.6. The predicted molar refractivity (Wildman–Crippen MR) is 175 cm³/mol. The number of hydrogen-bond acceptors (Lipinski definition) is 3. The van der Waals surface area contributed by atoms with Gasteiger partial charge in [0.1, 0.15) is 5.75 Å². The number of nitrogens with zero attached hydrogens (tertiary/aromatic N) is 1. The summed E-state index contributed by atoms with van der Waals surface area (Å²) in [7, 11) is 1.53. The van der Waals surface area contributed by atoms with Gasteiger partial charge in [-0.05, 0) is 130 Å². The summed E-state index contributed by atoms with van der Waals surface area (Å²) >= 11 is 2.16. The Morgan fingerprint density at radius 2 is 1.52 bits per heavy atom. The molecule has 0 spiro atoms. The molecule has 1 amide bonds. The van der Waals surface area contributed by atoms with E-state index in [0.29, 0.717) is 24.2 Å². The number of carboxylic acid groups (broad SMARTS) is 1. The van der Waals surface area contributed by atoms with Crippen LogP contribution in [0.4, 0.5) is 26.3 Å². The zero-order valence-corrected chi connectivity index (χ0v) is 27.7. The fourth-order valence-electron chi connectivity index (χ4n) is 7.12. The molecule has 2 saturated heterocycles. The molecule has 5 nitrogen and oxygen atoms in total. The number of ether oxygens (including phenoxy) is 1. The first kappa shape index (κ1) is 33.8. The van der Waals surface area contributed by atoms with E-state index in [2.05, 4.69) is 22.6 Å². The standard InChI is InChI=1S/C36H28F6INO4/c1-18-11-20(34(46)47)3-6-25(18)19-4-10-32(48-2)29(14-19)26-7-5-24(43)16-28(26)31-9-8-30-27(17-33(45)44(30)31)21-12-22(35(37,38)39)15-23(13-21)36(40,41)42/h3-7,10-16,27,30-31H,8-9,17H2,1-2H3,(H,46,47)/t27-,30+,31+/m1/s1. The number of carboxylic acids is 1. The maximum absolute atomic E-state index is 13.7. The summed E-state index contributed by atoms with van der Waals surface area (Å²) in [5, 5.41) is 9.41. The number of halogens is 7. The highest BCUT2D eigenvalue weighted by molar-refractivity contribution is 14.1. The largest absolute Gasteiger partial charge is 0.496 e. The molecule has 48 heavy (non-hydrogen) atoms. The molecule has 12 heteroatoms. The van der Waals surface area contributed by atoms with Gasteiger partial charge in [-0.3, -0.25) is 4.79 Å². The van der Waals surface area contributed by atoms with Crippen LogP contribution in [0, 0.1) is 10.5 Å².